The lowest BCUT2D eigenvalue weighted by Gasteiger charge is -2.10. The maximum atomic E-state index is 14.3. The molecule has 162 valence electrons. The molecule has 8 nitrogen and oxygen atoms in total. The standard InChI is InChI=1S/C22H18FN5O3S/c1-2-31-17-10-18(32-21(17)22(29)30)16-9-19(27-12-26-16)25-6-7-28-14(11-24)8-13-4-3-5-15(23)20(13)28/h3-5,8-10,12H,2,6-7H2,1H3,(H,29,30)(H,25,26,27). The summed E-state index contributed by atoms with van der Waals surface area (Å²) in [5.74, 6) is -0.616. The molecular weight excluding hydrogens is 433 g/mol. The monoisotopic (exact) mass is 451 g/mol. The van der Waals surface area contributed by atoms with Crippen molar-refractivity contribution in [2.24, 2.45) is 0 Å². The molecule has 3 aromatic heterocycles. The van der Waals surface area contributed by atoms with E-state index in [1.807, 2.05) is 0 Å². The van der Waals surface area contributed by atoms with Crippen molar-refractivity contribution in [3.05, 3.63) is 59.1 Å². The molecule has 0 saturated carbocycles. The van der Waals surface area contributed by atoms with Gasteiger partial charge in [0.1, 0.15) is 35.5 Å². The molecule has 0 saturated heterocycles. The number of hydrogen-bond acceptors (Lipinski definition) is 7. The van der Waals surface area contributed by atoms with Crippen molar-refractivity contribution in [3.8, 4) is 22.4 Å². The van der Waals surface area contributed by atoms with Crippen molar-refractivity contribution in [1.82, 2.24) is 14.5 Å². The summed E-state index contributed by atoms with van der Waals surface area (Å²) in [6.07, 6.45) is 1.38. The summed E-state index contributed by atoms with van der Waals surface area (Å²) in [4.78, 5) is 20.6. The number of halogens is 1. The minimum Gasteiger partial charge on any atom is -0.492 e. The van der Waals surface area contributed by atoms with Gasteiger partial charge in [-0.2, -0.15) is 5.26 Å². The number of hydrogen-bond donors (Lipinski definition) is 2. The predicted molar refractivity (Wildman–Crippen MR) is 119 cm³/mol. The summed E-state index contributed by atoms with van der Waals surface area (Å²) in [7, 11) is 0. The Morgan fingerprint density at radius 3 is 2.94 bits per heavy atom. The molecule has 3 heterocycles. The Morgan fingerprint density at radius 1 is 1.34 bits per heavy atom. The Morgan fingerprint density at radius 2 is 2.19 bits per heavy atom. The normalized spacial score (nSPS) is 10.8. The van der Waals surface area contributed by atoms with Crippen molar-refractivity contribution in [2.75, 3.05) is 18.5 Å². The molecule has 1 aromatic carbocycles. The molecule has 2 N–H and O–H groups in total. The van der Waals surface area contributed by atoms with E-state index in [9.17, 15) is 19.6 Å². The van der Waals surface area contributed by atoms with Crippen LogP contribution in [0.15, 0.2) is 42.7 Å². The zero-order valence-electron chi connectivity index (χ0n) is 17.0. The first kappa shape index (κ1) is 21.3. The average Bonchev–Trinajstić information content (AvgIpc) is 3.37. The second-order valence-electron chi connectivity index (χ2n) is 6.73. The quantitative estimate of drug-likeness (QED) is 0.409. The minimum atomic E-state index is -1.06. The molecule has 32 heavy (non-hydrogen) atoms. The lowest BCUT2D eigenvalue weighted by Crippen LogP contribution is -2.13. The number of nitrogens with one attached hydrogen (secondary N) is 1. The van der Waals surface area contributed by atoms with E-state index >= 15 is 0 Å². The Balaban J connectivity index is 1.53. The number of ether oxygens (including phenoxy) is 1. The van der Waals surface area contributed by atoms with Crippen molar-refractivity contribution in [2.45, 2.75) is 13.5 Å². The molecule has 0 atom stereocenters. The van der Waals surface area contributed by atoms with Gasteiger partial charge < -0.3 is 19.7 Å². The first-order valence-corrected chi connectivity index (χ1v) is 10.6. The summed E-state index contributed by atoms with van der Waals surface area (Å²) < 4.78 is 21.4. The second kappa shape index (κ2) is 9.03. The predicted octanol–water partition coefficient (Wildman–Crippen LogP) is 4.38. The third-order valence-electron chi connectivity index (χ3n) is 4.74. The van der Waals surface area contributed by atoms with E-state index in [0.29, 0.717) is 58.4 Å². The molecule has 0 aliphatic rings. The Labute approximate surface area is 186 Å². The summed E-state index contributed by atoms with van der Waals surface area (Å²) in [6.45, 7) is 2.88. The van der Waals surface area contributed by atoms with E-state index in [2.05, 4.69) is 21.4 Å². The topological polar surface area (TPSA) is 113 Å². The van der Waals surface area contributed by atoms with E-state index < -0.39 is 5.97 Å². The maximum Gasteiger partial charge on any atom is 0.349 e. The third kappa shape index (κ3) is 4.10. The molecule has 0 unspecified atom stereocenters. The summed E-state index contributed by atoms with van der Waals surface area (Å²) in [5, 5.41) is 22.6. The number of benzene rings is 1. The minimum absolute atomic E-state index is 0.112. The van der Waals surface area contributed by atoms with Gasteiger partial charge in [-0.25, -0.2) is 19.2 Å². The van der Waals surface area contributed by atoms with Crippen molar-refractivity contribution < 1.29 is 19.0 Å². The van der Waals surface area contributed by atoms with Gasteiger partial charge in [-0.15, -0.1) is 11.3 Å². The van der Waals surface area contributed by atoms with E-state index in [4.69, 9.17) is 4.74 Å². The first-order valence-electron chi connectivity index (χ1n) is 9.76. The van der Waals surface area contributed by atoms with Crippen LogP contribution in [-0.2, 0) is 6.54 Å². The third-order valence-corrected chi connectivity index (χ3v) is 5.87. The van der Waals surface area contributed by atoms with Gasteiger partial charge in [0.05, 0.1) is 22.7 Å². The van der Waals surface area contributed by atoms with Gasteiger partial charge in [0.2, 0.25) is 0 Å². The lowest BCUT2D eigenvalue weighted by atomic mass is 10.2. The number of anilines is 1. The van der Waals surface area contributed by atoms with Gasteiger partial charge in [0.15, 0.2) is 4.88 Å². The van der Waals surface area contributed by atoms with Crippen LogP contribution in [0.2, 0.25) is 0 Å². The Bertz CT molecular complexity index is 1340. The molecule has 10 heteroatoms. The summed E-state index contributed by atoms with van der Waals surface area (Å²) in [5.41, 5.74) is 1.31. The number of carboxylic acid groups (broad SMARTS) is 1. The molecule has 0 fully saturated rings. The summed E-state index contributed by atoms with van der Waals surface area (Å²) >= 11 is 1.07. The number of nitriles is 1. The molecule has 0 aliphatic heterocycles. The van der Waals surface area contributed by atoms with Crippen LogP contribution in [0.5, 0.6) is 5.75 Å². The number of para-hydroxylation sites is 1. The number of fused-ring (bicyclic) bond motifs is 1. The zero-order valence-corrected chi connectivity index (χ0v) is 17.8. The average molecular weight is 451 g/mol. The largest absolute Gasteiger partial charge is 0.492 e. The van der Waals surface area contributed by atoms with E-state index in [0.717, 1.165) is 11.3 Å². The molecule has 4 aromatic rings. The van der Waals surface area contributed by atoms with Crippen LogP contribution in [0.1, 0.15) is 22.3 Å². The number of carboxylic acids is 1. The van der Waals surface area contributed by atoms with Crippen molar-refractivity contribution in [1.29, 1.82) is 5.26 Å². The molecule has 0 amide bonds. The second-order valence-corrected chi connectivity index (χ2v) is 7.78. The molecule has 4 rings (SSSR count). The van der Waals surface area contributed by atoms with Crippen LogP contribution in [0.3, 0.4) is 0 Å². The van der Waals surface area contributed by atoms with Crippen molar-refractivity contribution >= 4 is 34.0 Å². The van der Waals surface area contributed by atoms with Crippen LogP contribution in [0.4, 0.5) is 10.2 Å². The zero-order chi connectivity index (χ0) is 22.7. The van der Waals surface area contributed by atoms with Crippen LogP contribution in [0, 0.1) is 17.1 Å². The fourth-order valence-electron chi connectivity index (χ4n) is 3.40. The van der Waals surface area contributed by atoms with Crippen LogP contribution >= 0.6 is 11.3 Å². The number of aromatic carboxylic acids is 1. The lowest BCUT2D eigenvalue weighted by molar-refractivity contribution is 0.0698. The SMILES string of the molecule is CCOc1cc(-c2cc(NCCn3c(C#N)cc4cccc(F)c43)ncn2)sc1C(=O)O. The van der Waals surface area contributed by atoms with E-state index in [1.165, 1.54) is 12.4 Å². The van der Waals surface area contributed by atoms with Crippen LogP contribution in [0.25, 0.3) is 21.5 Å². The number of aromatic nitrogens is 3. The molecular formula is C22H18FN5O3S. The fourth-order valence-corrected chi connectivity index (χ4v) is 4.31. The van der Waals surface area contributed by atoms with Crippen molar-refractivity contribution in [3.63, 3.8) is 0 Å². The molecule has 0 spiro atoms. The summed E-state index contributed by atoms with van der Waals surface area (Å²) in [6, 6.07) is 11.9. The highest BCUT2D eigenvalue weighted by atomic mass is 32.1. The van der Waals surface area contributed by atoms with E-state index in [-0.39, 0.29) is 10.7 Å². The maximum absolute atomic E-state index is 14.3. The number of rotatable bonds is 8. The highest BCUT2D eigenvalue weighted by Gasteiger charge is 2.18. The van der Waals surface area contributed by atoms with Gasteiger partial charge in [0.25, 0.3) is 0 Å². The number of nitrogens with zero attached hydrogens (tertiary/aromatic N) is 4. The van der Waals surface area contributed by atoms with E-state index in [1.54, 1.807) is 41.8 Å². The van der Waals surface area contributed by atoms with Gasteiger partial charge >= 0.3 is 5.97 Å². The fraction of sp³-hybridized carbons (Fsp3) is 0.182. The number of carbonyl (C=O) groups is 1. The highest BCUT2D eigenvalue weighted by molar-refractivity contribution is 7.17. The van der Waals surface area contributed by atoms with Gasteiger partial charge in [-0.05, 0) is 19.1 Å². The molecule has 0 radical (unpaired) electrons. The van der Waals surface area contributed by atoms with Gasteiger partial charge in [-0.1, -0.05) is 12.1 Å². The smallest absolute Gasteiger partial charge is 0.349 e. The van der Waals surface area contributed by atoms with Gasteiger partial charge in [-0.3, -0.25) is 0 Å². The van der Waals surface area contributed by atoms with Gasteiger partial charge in [0, 0.05) is 30.6 Å². The van der Waals surface area contributed by atoms with Crippen LogP contribution in [-0.4, -0.2) is 38.8 Å². The Hall–Kier alpha value is -3.97. The first-order chi connectivity index (χ1) is 15.5. The molecule has 0 bridgehead atoms. The molecule has 0 aliphatic carbocycles. The number of thiophene rings is 1. The highest BCUT2D eigenvalue weighted by Crippen LogP contribution is 2.36. The van der Waals surface area contributed by atoms with Crippen LogP contribution < -0.4 is 10.1 Å². The Kier molecular flexibility index (Phi) is 6.00.